The molecule has 0 fully saturated rings. The lowest BCUT2D eigenvalue weighted by molar-refractivity contribution is -0.386. The lowest BCUT2D eigenvalue weighted by Crippen LogP contribution is -2.31. The molecule has 0 spiro atoms. The highest BCUT2D eigenvalue weighted by Crippen LogP contribution is 2.33. The summed E-state index contributed by atoms with van der Waals surface area (Å²) < 4.78 is 41.6. The van der Waals surface area contributed by atoms with Gasteiger partial charge < -0.3 is 10.1 Å². The number of halogens is 3. The SMILES string of the molecule is CCNc1ncnc(OC(C)C(F)(F)F)c1[N+](=O)[O-]. The number of aromatic nitrogens is 2. The Kier molecular flexibility index (Phi) is 4.46. The molecule has 1 unspecified atom stereocenters. The van der Waals surface area contributed by atoms with Gasteiger partial charge in [0.1, 0.15) is 6.33 Å². The van der Waals surface area contributed by atoms with Crippen molar-refractivity contribution in [3.8, 4) is 5.88 Å². The number of rotatable bonds is 5. The topological polar surface area (TPSA) is 90.2 Å². The molecule has 1 aromatic heterocycles. The molecule has 0 saturated heterocycles. The van der Waals surface area contributed by atoms with Crippen LogP contribution in [0.1, 0.15) is 13.8 Å². The molecule has 0 aromatic carbocycles. The molecule has 10 heteroatoms. The molecule has 0 aliphatic rings. The van der Waals surface area contributed by atoms with Crippen molar-refractivity contribution in [2.24, 2.45) is 0 Å². The maximum absolute atomic E-state index is 12.4. The summed E-state index contributed by atoms with van der Waals surface area (Å²) in [4.78, 5) is 17.0. The van der Waals surface area contributed by atoms with Gasteiger partial charge in [-0.05, 0) is 13.8 Å². The van der Waals surface area contributed by atoms with E-state index in [0.717, 1.165) is 13.3 Å². The zero-order valence-electron chi connectivity index (χ0n) is 10.1. The third kappa shape index (κ3) is 3.66. The number of ether oxygens (including phenoxy) is 1. The number of anilines is 1. The molecule has 0 bridgehead atoms. The van der Waals surface area contributed by atoms with Crippen molar-refractivity contribution in [2.75, 3.05) is 11.9 Å². The summed E-state index contributed by atoms with van der Waals surface area (Å²) >= 11 is 0. The first-order valence-corrected chi connectivity index (χ1v) is 5.24. The summed E-state index contributed by atoms with van der Waals surface area (Å²) in [6.45, 7) is 2.70. The fraction of sp³-hybridized carbons (Fsp3) is 0.556. The van der Waals surface area contributed by atoms with Crippen molar-refractivity contribution in [1.82, 2.24) is 9.97 Å². The molecular weight excluding hydrogens is 269 g/mol. The highest BCUT2D eigenvalue weighted by Gasteiger charge is 2.40. The highest BCUT2D eigenvalue weighted by atomic mass is 19.4. The van der Waals surface area contributed by atoms with Crippen molar-refractivity contribution in [3.05, 3.63) is 16.4 Å². The standard InChI is InChI=1S/C9H11F3N4O3/c1-3-13-7-6(16(17)18)8(15-4-14-7)19-5(2)9(10,11)12/h4-5H,3H2,1-2H3,(H,13,14,15). The predicted octanol–water partition coefficient (Wildman–Crippen LogP) is 2.15. The van der Waals surface area contributed by atoms with E-state index in [4.69, 9.17) is 0 Å². The monoisotopic (exact) mass is 280 g/mol. The largest absolute Gasteiger partial charge is 0.460 e. The van der Waals surface area contributed by atoms with E-state index in [9.17, 15) is 23.3 Å². The van der Waals surface area contributed by atoms with Crippen LogP contribution in [-0.2, 0) is 0 Å². The Bertz CT molecular complexity index is 467. The highest BCUT2D eigenvalue weighted by molar-refractivity contribution is 5.61. The Hall–Kier alpha value is -2.13. The predicted molar refractivity (Wildman–Crippen MR) is 59.0 cm³/mol. The average Bonchev–Trinajstić information content (AvgIpc) is 2.27. The maximum Gasteiger partial charge on any atom is 0.425 e. The van der Waals surface area contributed by atoms with E-state index in [1.807, 2.05) is 0 Å². The summed E-state index contributed by atoms with van der Waals surface area (Å²) in [7, 11) is 0. The van der Waals surface area contributed by atoms with Gasteiger partial charge in [0.25, 0.3) is 5.88 Å². The van der Waals surface area contributed by atoms with Crippen LogP contribution in [0.15, 0.2) is 6.33 Å². The van der Waals surface area contributed by atoms with Crippen LogP contribution in [0.25, 0.3) is 0 Å². The van der Waals surface area contributed by atoms with E-state index >= 15 is 0 Å². The molecule has 1 atom stereocenters. The smallest absolute Gasteiger partial charge is 0.425 e. The van der Waals surface area contributed by atoms with Gasteiger partial charge in [0.15, 0.2) is 6.10 Å². The van der Waals surface area contributed by atoms with Crippen LogP contribution in [0.4, 0.5) is 24.7 Å². The first-order chi connectivity index (χ1) is 8.77. The molecule has 0 radical (unpaired) electrons. The molecule has 1 heterocycles. The summed E-state index contributed by atoms with van der Waals surface area (Å²) in [6.07, 6.45) is -5.96. The molecular formula is C9H11F3N4O3. The van der Waals surface area contributed by atoms with Crippen LogP contribution in [0.3, 0.4) is 0 Å². The lowest BCUT2D eigenvalue weighted by atomic mass is 10.4. The second-order valence-electron chi connectivity index (χ2n) is 3.47. The van der Waals surface area contributed by atoms with E-state index in [1.54, 1.807) is 6.92 Å². The lowest BCUT2D eigenvalue weighted by Gasteiger charge is -2.17. The maximum atomic E-state index is 12.4. The van der Waals surface area contributed by atoms with Crippen molar-refractivity contribution in [1.29, 1.82) is 0 Å². The molecule has 1 rings (SSSR count). The Labute approximate surface area is 106 Å². The number of nitrogens with zero attached hydrogens (tertiary/aromatic N) is 3. The second-order valence-corrected chi connectivity index (χ2v) is 3.47. The molecule has 7 nitrogen and oxygen atoms in total. The third-order valence-corrected chi connectivity index (χ3v) is 2.06. The van der Waals surface area contributed by atoms with Crippen LogP contribution < -0.4 is 10.1 Å². The van der Waals surface area contributed by atoms with E-state index < -0.39 is 28.8 Å². The minimum Gasteiger partial charge on any atom is -0.460 e. The van der Waals surface area contributed by atoms with Crippen LogP contribution in [0.2, 0.25) is 0 Å². The van der Waals surface area contributed by atoms with Gasteiger partial charge in [-0.25, -0.2) is 4.98 Å². The quantitative estimate of drug-likeness (QED) is 0.656. The second kappa shape index (κ2) is 5.67. The van der Waals surface area contributed by atoms with Crippen LogP contribution in [-0.4, -0.2) is 33.7 Å². The zero-order valence-corrected chi connectivity index (χ0v) is 10.1. The molecule has 1 N–H and O–H groups in total. The number of alkyl halides is 3. The Morgan fingerprint density at radius 2 is 2.16 bits per heavy atom. The molecule has 0 aliphatic carbocycles. The van der Waals surface area contributed by atoms with E-state index in [-0.39, 0.29) is 5.82 Å². The first-order valence-electron chi connectivity index (χ1n) is 5.24. The zero-order chi connectivity index (χ0) is 14.6. The molecule has 1 aromatic rings. The van der Waals surface area contributed by atoms with Crippen molar-refractivity contribution in [3.63, 3.8) is 0 Å². The fourth-order valence-electron chi connectivity index (χ4n) is 1.14. The Morgan fingerprint density at radius 1 is 1.53 bits per heavy atom. The van der Waals surface area contributed by atoms with E-state index in [2.05, 4.69) is 20.0 Å². The average molecular weight is 280 g/mol. The summed E-state index contributed by atoms with van der Waals surface area (Å²) in [5.74, 6) is -0.910. The first kappa shape index (κ1) is 14.9. The van der Waals surface area contributed by atoms with E-state index in [1.165, 1.54) is 0 Å². The molecule has 0 amide bonds. The fourth-order valence-corrected chi connectivity index (χ4v) is 1.14. The van der Waals surface area contributed by atoms with Gasteiger partial charge in [-0.1, -0.05) is 0 Å². The van der Waals surface area contributed by atoms with Crippen molar-refractivity contribution >= 4 is 11.5 Å². The minimum absolute atomic E-state index is 0.188. The number of nitro groups is 1. The van der Waals surface area contributed by atoms with Gasteiger partial charge in [-0.15, -0.1) is 0 Å². The van der Waals surface area contributed by atoms with Crippen LogP contribution in [0.5, 0.6) is 5.88 Å². The Morgan fingerprint density at radius 3 is 2.63 bits per heavy atom. The molecule has 106 valence electrons. The van der Waals surface area contributed by atoms with Gasteiger partial charge in [0, 0.05) is 6.54 Å². The number of nitrogens with one attached hydrogen (secondary N) is 1. The van der Waals surface area contributed by atoms with Crippen molar-refractivity contribution < 1.29 is 22.8 Å². The number of hydrogen-bond donors (Lipinski definition) is 1. The van der Waals surface area contributed by atoms with Crippen LogP contribution >= 0.6 is 0 Å². The summed E-state index contributed by atoms with van der Waals surface area (Å²) in [5, 5.41) is 13.4. The van der Waals surface area contributed by atoms with Gasteiger partial charge in [0.2, 0.25) is 5.82 Å². The number of hydrogen-bond acceptors (Lipinski definition) is 6. The summed E-state index contributed by atoms with van der Waals surface area (Å²) in [5.41, 5.74) is -0.722. The van der Waals surface area contributed by atoms with Crippen molar-refractivity contribution in [2.45, 2.75) is 26.1 Å². The van der Waals surface area contributed by atoms with Gasteiger partial charge in [-0.2, -0.15) is 18.2 Å². The molecule has 19 heavy (non-hydrogen) atoms. The third-order valence-electron chi connectivity index (χ3n) is 2.06. The van der Waals surface area contributed by atoms with Crippen LogP contribution in [0, 0.1) is 10.1 Å². The normalized spacial score (nSPS) is 12.9. The summed E-state index contributed by atoms with van der Waals surface area (Å²) in [6, 6.07) is 0. The van der Waals surface area contributed by atoms with Gasteiger partial charge in [0.05, 0.1) is 4.92 Å². The molecule has 0 saturated carbocycles. The minimum atomic E-state index is -4.64. The Balaban J connectivity index is 3.13. The molecule has 0 aliphatic heterocycles. The van der Waals surface area contributed by atoms with E-state index in [0.29, 0.717) is 6.54 Å². The van der Waals surface area contributed by atoms with Gasteiger partial charge in [-0.3, -0.25) is 10.1 Å². The van der Waals surface area contributed by atoms with Gasteiger partial charge >= 0.3 is 11.9 Å².